The smallest absolute Gasteiger partial charge is 0.407 e. The highest BCUT2D eigenvalue weighted by atomic mass is 32.1. The molecule has 1 aliphatic carbocycles. The summed E-state index contributed by atoms with van der Waals surface area (Å²) in [6.45, 7) is 3.19. The number of nitrogens with zero attached hydrogens (tertiary/aromatic N) is 1. The number of hydrogen-bond acceptors (Lipinski definition) is 6. The van der Waals surface area contributed by atoms with Gasteiger partial charge in [0.1, 0.15) is 13.2 Å². The van der Waals surface area contributed by atoms with Crippen molar-refractivity contribution >= 4 is 40.1 Å². The molecule has 1 saturated carbocycles. The van der Waals surface area contributed by atoms with E-state index in [4.69, 9.17) is 4.74 Å². The van der Waals surface area contributed by atoms with E-state index >= 15 is 0 Å². The van der Waals surface area contributed by atoms with Gasteiger partial charge in [0.25, 0.3) is 0 Å². The Bertz CT molecular complexity index is 985. The zero-order valence-electron chi connectivity index (χ0n) is 19.3. The van der Waals surface area contributed by atoms with Gasteiger partial charge in [-0.05, 0) is 31.9 Å². The number of likely N-dealkylation sites (N-methyl/N-ethyl adjacent to an activating group) is 1. The predicted octanol–water partition coefficient (Wildman–Crippen LogP) is 2.84. The predicted molar refractivity (Wildman–Crippen MR) is 128 cm³/mol. The average Bonchev–Trinajstić information content (AvgIpc) is 3.45. The second kappa shape index (κ2) is 11.8. The number of hydrogen-bond donors (Lipinski definition) is 4. The zero-order valence-corrected chi connectivity index (χ0v) is 20.1. The lowest BCUT2D eigenvalue weighted by atomic mass is 9.94. The van der Waals surface area contributed by atoms with E-state index in [0.717, 1.165) is 37.8 Å². The third-order valence-corrected chi connectivity index (χ3v) is 6.24. The maximum absolute atomic E-state index is 13.0. The van der Waals surface area contributed by atoms with Crippen molar-refractivity contribution in [3.05, 3.63) is 40.4 Å². The van der Waals surface area contributed by atoms with E-state index in [-0.39, 0.29) is 18.2 Å². The largest absolute Gasteiger partial charge is 0.444 e. The van der Waals surface area contributed by atoms with Crippen LogP contribution in [0.4, 0.5) is 20.4 Å². The van der Waals surface area contributed by atoms with Crippen LogP contribution in [0.3, 0.4) is 0 Å². The van der Waals surface area contributed by atoms with E-state index in [1.165, 1.54) is 16.2 Å². The molecule has 3 amide bonds. The molecule has 33 heavy (non-hydrogen) atoms. The maximum Gasteiger partial charge on any atom is 0.407 e. The van der Waals surface area contributed by atoms with Crippen molar-refractivity contribution in [2.45, 2.75) is 39.2 Å². The number of thiazole rings is 1. The lowest BCUT2D eigenvalue weighted by molar-refractivity contribution is -0.858. The van der Waals surface area contributed by atoms with Crippen molar-refractivity contribution in [3.63, 3.8) is 0 Å². The Kier molecular flexibility index (Phi) is 8.79. The highest BCUT2D eigenvalue weighted by Crippen LogP contribution is 2.31. The van der Waals surface area contributed by atoms with Gasteiger partial charge in [0, 0.05) is 16.9 Å². The third-order valence-electron chi connectivity index (χ3n) is 5.44. The topological polar surface area (TPSA) is 114 Å². The maximum atomic E-state index is 13.0. The first-order chi connectivity index (χ1) is 15.8. The van der Waals surface area contributed by atoms with Gasteiger partial charge in [0.05, 0.1) is 32.0 Å². The fourth-order valence-electron chi connectivity index (χ4n) is 3.64. The minimum Gasteiger partial charge on any atom is -0.444 e. The van der Waals surface area contributed by atoms with Gasteiger partial charge in [0.2, 0.25) is 0 Å². The van der Waals surface area contributed by atoms with E-state index in [0.29, 0.717) is 28.7 Å². The minimum absolute atomic E-state index is 0.0280. The van der Waals surface area contributed by atoms with Crippen LogP contribution >= 0.6 is 11.3 Å². The normalized spacial score (nSPS) is 13.7. The van der Waals surface area contributed by atoms with E-state index < -0.39 is 12.1 Å². The monoisotopic (exact) mass is 474 g/mol. The first kappa shape index (κ1) is 24.7. The van der Waals surface area contributed by atoms with Gasteiger partial charge in [-0.3, -0.25) is 10.1 Å². The van der Waals surface area contributed by atoms with Crippen LogP contribution in [-0.2, 0) is 11.3 Å². The molecule has 10 heteroatoms. The number of ether oxygens (including phenoxy) is 1. The number of carbonyl (C=O) groups excluding carboxylic acids is 3. The standard InChI is InChI=1S/C23H31N5O4S/c1-15-8-9-19(18(12-15)20(29)16-6-4-5-7-16)26-21(30)27-22-25-17(14-33-22)13-24-23(31)32-11-10-28(2)3/h8-9,12,14,16H,4-7,10-11,13H2,1-3H3,(H,24,31)(H2,25,26,27,30)/p+1. The molecule has 0 atom stereocenters. The molecule has 4 N–H and O–H groups in total. The molecule has 1 heterocycles. The van der Waals surface area contributed by atoms with Crippen molar-refractivity contribution in [2.75, 3.05) is 37.9 Å². The number of aryl methyl sites for hydroxylation is 1. The minimum atomic E-state index is -0.504. The van der Waals surface area contributed by atoms with Gasteiger partial charge in [-0.2, -0.15) is 0 Å². The van der Waals surface area contributed by atoms with Crippen LogP contribution < -0.4 is 20.9 Å². The number of rotatable bonds is 9. The molecule has 9 nitrogen and oxygen atoms in total. The fourth-order valence-corrected chi connectivity index (χ4v) is 4.34. The zero-order chi connectivity index (χ0) is 23.8. The van der Waals surface area contributed by atoms with E-state index in [1.807, 2.05) is 33.2 Å². The molecule has 0 radical (unpaired) electrons. The molecule has 2 aromatic rings. The number of nitrogens with one attached hydrogen (secondary N) is 4. The number of quaternary nitrogens is 1. The third kappa shape index (κ3) is 7.54. The highest BCUT2D eigenvalue weighted by Gasteiger charge is 2.26. The summed E-state index contributed by atoms with van der Waals surface area (Å²) >= 11 is 1.25. The molecular formula is C23H32N5O4S+. The van der Waals surface area contributed by atoms with Gasteiger partial charge < -0.3 is 20.3 Å². The lowest BCUT2D eigenvalue weighted by Gasteiger charge is -2.14. The molecule has 0 saturated heterocycles. The lowest BCUT2D eigenvalue weighted by Crippen LogP contribution is -3.06. The molecule has 1 aliphatic rings. The molecule has 3 rings (SSSR count). The Morgan fingerprint density at radius 1 is 1.18 bits per heavy atom. The van der Waals surface area contributed by atoms with Gasteiger partial charge in [-0.15, -0.1) is 11.3 Å². The highest BCUT2D eigenvalue weighted by molar-refractivity contribution is 7.13. The second-order valence-electron chi connectivity index (χ2n) is 8.56. The van der Waals surface area contributed by atoms with Crippen LogP contribution in [0, 0.1) is 12.8 Å². The van der Waals surface area contributed by atoms with E-state index in [2.05, 4.69) is 20.9 Å². The fraction of sp³-hybridized carbons (Fsp3) is 0.478. The van der Waals surface area contributed by atoms with Crippen LogP contribution in [0.15, 0.2) is 23.6 Å². The molecule has 0 aliphatic heterocycles. The average molecular weight is 475 g/mol. The summed E-state index contributed by atoms with van der Waals surface area (Å²) < 4.78 is 5.09. The number of amides is 3. The molecule has 1 fully saturated rings. The van der Waals surface area contributed by atoms with Crippen molar-refractivity contribution in [1.29, 1.82) is 0 Å². The number of aromatic nitrogens is 1. The summed E-state index contributed by atoms with van der Waals surface area (Å²) in [6.07, 6.45) is 3.44. The van der Waals surface area contributed by atoms with Crippen LogP contribution in [-0.4, -0.2) is 50.1 Å². The molecule has 1 aromatic heterocycles. The van der Waals surface area contributed by atoms with Crippen LogP contribution in [0.5, 0.6) is 0 Å². The molecule has 0 spiro atoms. The molecular weight excluding hydrogens is 442 g/mol. The summed E-state index contributed by atoms with van der Waals surface area (Å²) in [5.41, 5.74) is 2.63. The Morgan fingerprint density at radius 3 is 2.67 bits per heavy atom. The Hall–Kier alpha value is -2.98. The van der Waals surface area contributed by atoms with Crippen LogP contribution in [0.25, 0.3) is 0 Å². The summed E-state index contributed by atoms with van der Waals surface area (Å²) in [5, 5.41) is 10.3. The summed E-state index contributed by atoms with van der Waals surface area (Å²) in [7, 11) is 3.96. The molecule has 0 bridgehead atoms. The van der Waals surface area contributed by atoms with Gasteiger partial charge in [-0.25, -0.2) is 14.6 Å². The Labute approximate surface area is 197 Å². The Morgan fingerprint density at radius 2 is 1.94 bits per heavy atom. The van der Waals surface area contributed by atoms with E-state index in [9.17, 15) is 14.4 Å². The number of benzene rings is 1. The van der Waals surface area contributed by atoms with Crippen molar-refractivity contribution < 1.29 is 24.0 Å². The Balaban J connectivity index is 1.53. The summed E-state index contributed by atoms with van der Waals surface area (Å²) in [4.78, 5) is 42.7. The van der Waals surface area contributed by atoms with Crippen molar-refractivity contribution in [2.24, 2.45) is 5.92 Å². The number of urea groups is 1. The second-order valence-corrected chi connectivity index (χ2v) is 9.42. The molecule has 0 unspecified atom stereocenters. The SMILES string of the molecule is Cc1ccc(NC(=O)Nc2nc(CNC(=O)OCC[NH+](C)C)cs2)c(C(=O)C2CCCC2)c1. The number of alkyl carbamates (subject to hydrolysis) is 1. The van der Waals surface area contributed by atoms with Crippen molar-refractivity contribution in [1.82, 2.24) is 10.3 Å². The first-order valence-corrected chi connectivity index (χ1v) is 12.1. The van der Waals surface area contributed by atoms with E-state index in [1.54, 1.807) is 11.4 Å². The molecule has 178 valence electrons. The van der Waals surface area contributed by atoms with Crippen molar-refractivity contribution in [3.8, 4) is 0 Å². The number of carbonyl (C=O) groups is 3. The number of anilines is 2. The van der Waals surface area contributed by atoms with Crippen LogP contribution in [0.2, 0.25) is 0 Å². The van der Waals surface area contributed by atoms with Crippen LogP contribution in [0.1, 0.15) is 47.3 Å². The van der Waals surface area contributed by atoms with Gasteiger partial charge in [-0.1, -0.05) is 24.5 Å². The first-order valence-electron chi connectivity index (χ1n) is 11.2. The summed E-state index contributed by atoms with van der Waals surface area (Å²) in [5.74, 6) is 0.119. The quantitative estimate of drug-likeness (QED) is 0.418. The molecule has 1 aromatic carbocycles. The van der Waals surface area contributed by atoms with Gasteiger partial charge >= 0.3 is 12.1 Å². The summed E-state index contributed by atoms with van der Waals surface area (Å²) in [6, 6.07) is 4.99. The number of Topliss-reactive ketones (excluding diaryl/α,β-unsaturated/α-hetero) is 1. The number of ketones is 1. The van der Waals surface area contributed by atoms with Gasteiger partial charge in [0.15, 0.2) is 10.9 Å².